The molecule has 3 rings (SSSR count). The maximum absolute atomic E-state index is 12.8. The Morgan fingerprint density at radius 2 is 2.00 bits per heavy atom. The van der Waals surface area contributed by atoms with E-state index in [2.05, 4.69) is 11.9 Å². The Labute approximate surface area is 215 Å². The van der Waals surface area contributed by atoms with Crippen LogP contribution < -0.4 is 20.9 Å². The van der Waals surface area contributed by atoms with Crippen LogP contribution >= 0.6 is 11.6 Å². The summed E-state index contributed by atoms with van der Waals surface area (Å²) in [6, 6.07) is 13.9. The zero-order valence-electron chi connectivity index (χ0n) is 19.6. The maximum Gasteiger partial charge on any atom is 0.264 e. The summed E-state index contributed by atoms with van der Waals surface area (Å²) in [5, 5.41) is 4.44. The van der Waals surface area contributed by atoms with Crippen LogP contribution in [0.4, 0.5) is 5.69 Å². The third-order valence-corrected chi connectivity index (χ3v) is 5.83. The number of amides is 2. The summed E-state index contributed by atoms with van der Waals surface area (Å²) in [6.45, 7) is 4.17. The predicted octanol–water partition coefficient (Wildman–Crippen LogP) is 2.28. The quantitative estimate of drug-likeness (QED) is 0.112. The van der Waals surface area contributed by atoms with E-state index in [4.69, 9.17) is 26.4 Å². The van der Waals surface area contributed by atoms with Crippen LogP contribution in [-0.4, -0.2) is 57.8 Å². The molecular formula is C24H27ClN4O6S. The number of nitrogens with one attached hydrogen (secondary N) is 1. The summed E-state index contributed by atoms with van der Waals surface area (Å²) in [6.07, 6.45) is 2.88. The fraction of sp³-hybridized carbons (Fsp3) is 0.250. The molecule has 0 saturated carbocycles. The number of anilines is 1. The van der Waals surface area contributed by atoms with Crippen molar-refractivity contribution in [1.29, 1.82) is 0 Å². The standard InChI is InChI=1S/C24H27ClN4O6S/c1-17(24(31)28-15-23(30)27-16-28)12-22(29(26)20-8-4-7-19(25)14-20)18-6-3-9-21(13-18)34-10-5-11-35-36(2,32)33/h3-4,6-9,12-14H,1,5,10-11,15-16,26H2,2H3,(H,27,30)/b22-12-. The lowest BCUT2D eigenvalue weighted by atomic mass is 10.1. The van der Waals surface area contributed by atoms with Gasteiger partial charge in [-0.3, -0.25) is 18.8 Å². The molecule has 36 heavy (non-hydrogen) atoms. The van der Waals surface area contributed by atoms with E-state index in [1.165, 1.54) is 16.0 Å². The molecule has 0 spiro atoms. The highest BCUT2D eigenvalue weighted by atomic mass is 35.5. The molecule has 0 aliphatic carbocycles. The van der Waals surface area contributed by atoms with Gasteiger partial charge in [0.2, 0.25) is 5.91 Å². The summed E-state index contributed by atoms with van der Waals surface area (Å²) in [5.74, 6) is 6.30. The predicted molar refractivity (Wildman–Crippen MR) is 137 cm³/mol. The van der Waals surface area contributed by atoms with Crippen molar-refractivity contribution >= 4 is 44.9 Å². The Morgan fingerprint density at radius 1 is 1.25 bits per heavy atom. The first-order valence-electron chi connectivity index (χ1n) is 10.9. The van der Waals surface area contributed by atoms with Crippen molar-refractivity contribution in [2.24, 2.45) is 5.84 Å². The smallest absolute Gasteiger partial charge is 0.264 e. The van der Waals surface area contributed by atoms with E-state index in [0.29, 0.717) is 34.1 Å². The summed E-state index contributed by atoms with van der Waals surface area (Å²) in [5.41, 5.74) is 1.74. The van der Waals surface area contributed by atoms with Crippen LogP contribution in [0.3, 0.4) is 0 Å². The van der Waals surface area contributed by atoms with Crippen LogP contribution in [0.2, 0.25) is 5.02 Å². The minimum absolute atomic E-state index is 0.00478. The Hall–Kier alpha value is -3.38. The average molecular weight is 535 g/mol. The zero-order valence-corrected chi connectivity index (χ0v) is 21.2. The molecule has 0 atom stereocenters. The van der Waals surface area contributed by atoms with E-state index < -0.39 is 16.0 Å². The topological polar surface area (TPSA) is 131 Å². The van der Waals surface area contributed by atoms with Gasteiger partial charge in [0.05, 0.1) is 37.5 Å². The monoisotopic (exact) mass is 534 g/mol. The highest BCUT2D eigenvalue weighted by Crippen LogP contribution is 2.29. The number of hydrogen-bond donors (Lipinski definition) is 2. The molecule has 2 amide bonds. The summed E-state index contributed by atoms with van der Waals surface area (Å²) in [4.78, 5) is 25.7. The molecule has 1 aliphatic rings. The lowest BCUT2D eigenvalue weighted by molar-refractivity contribution is -0.127. The number of carbonyl (C=O) groups is 2. The van der Waals surface area contributed by atoms with Crippen molar-refractivity contribution in [2.45, 2.75) is 6.42 Å². The van der Waals surface area contributed by atoms with E-state index >= 15 is 0 Å². The van der Waals surface area contributed by atoms with Crippen LogP contribution in [0.5, 0.6) is 5.75 Å². The lowest BCUT2D eigenvalue weighted by Crippen LogP contribution is -2.32. The van der Waals surface area contributed by atoms with Crippen LogP contribution in [-0.2, 0) is 23.9 Å². The van der Waals surface area contributed by atoms with Gasteiger partial charge in [0.15, 0.2) is 0 Å². The number of nitrogens with two attached hydrogens (primary N) is 1. The minimum Gasteiger partial charge on any atom is -0.493 e. The van der Waals surface area contributed by atoms with Gasteiger partial charge in [0.1, 0.15) is 12.3 Å². The fourth-order valence-electron chi connectivity index (χ4n) is 3.30. The average Bonchev–Trinajstić information content (AvgIpc) is 3.27. The highest BCUT2D eigenvalue weighted by Gasteiger charge is 2.25. The van der Waals surface area contributed by atoms with Gasteiger partial charge >= 0.3 is 0 Å². The third kappa shape index (κ3) is 7.82. The zero-order chi connectivity index (χ0) is 26.3. The van der Waals surface area contributed by atoms with Gasteiger partial charge in [0.25, 0.3) is 16.0 Å². The molecule has 1 saturated heterocycles. The van der Waals surface area contributed by atoms with Gasteiger partial charge in [0, 0.05) is 22.6 Å². The number of benzene rings is 2. The first-order chi connectivity index (χ1) is 17.0. The number of nitrogens with zero attached hydrogens (tertiary/aromatic N) is 2. The van der Waals surface area contributed by atoms with Crippen molar-refractivity contribution < 1.29 is 26.9 Å². The molecule has 2 aromatic carbocycles. The molecule has 10 nitrogen and oxygen atoms in total. The van der Waals surface area contributed by atoms with Crippen molar-refractivity contribution in [3.8, 4) is 5.75 Å². The molecule has 0 radical (unpaired) electrons. The Morgan fingerprint density at radius 3 is 2.67 bits per heavy atom. The number of carbonyl (C=O) groups excluding carboxylic acids is 2. The number of ether oxygens (including phenoxy) is 1. The van der Waals surface area contributed by atoms with Gasteiger partial charge in [-0.15, -0.1) is 0 Å². The molecule has 0 aromatic heterocycles. The van der Waals surface area contributed by atoms with Crippen molar-refractivity contribution in [2.75, 3.05) is 37.7 Å². The first-order valence-corrected chi connectivity index (χ1v) is 13.1. The molecule has 2 aromatic rings. The van der Waals surface area contributed by atoms with Crippen LogP contribution in [0.25, 0.3) is 5.70 Å². The highest BCUT2D eigenvalue weighted by molar-refractivity contribution is 7.85. The number of hydrogen-bond acceptors (Lipinski definition) is 8. The van der Waals surface area contributed by atoms with Crippen molar-refractivity contribution in [3.05, 3.63) is 77.3 Å². The van der Waals surface area contributed by atoms with E-state index in [-0.39, 0.29) is 37.9 Å². The maximum atomic E-state index is 12.8. The summed E-state index contributed by atoms with van der Waals surface area (Å²) < 4.78 is 32.6. The minimum atomic E-state index is -3.51. The Balaban J connectivity index is 1.84. The number of rotatable bonds is 11. The van der Waals surface area contributed by atoms with Gasteiger partial charge in [-0.05, 0) is 36.4 Å². The molecule has 192 valence electrons. The molecule has 1 fully saturated rings. The van der Waals surface area contributed by atoms with E-state index in [0.717, 1.165) is 6.26 Å². The first kappa shape index (κ1) is 27.2. The van der Waals surface area contributed by atoms with Gasteiger partial charge < -0.3 is 15.0 Å². The molecule has 3 N–H and O–H groups in total. The Kier molecular flexibility index (Phi) is 9.10. The summed E-state index contributed by atoms with van der Waals surface area (Å²) >= 11 is 6.15. The third-order valence-electron chi connectivity index (χ3n) is 5.00. The lowest BCUT2D eigenvalue weighted by Gasteiger charge is -2.24. The molecule has 0 bridgehead atoms. The molecule has 12 heteroatoms. The SMILES string of the molecule is C=C(/C=C(/c1cccc(OCCCOS(C)(=O)=O)c1)N(N)c1cccc(Cl)c1)C(=O)N1CNC(=O)C1. The molecular weight excluding hydrogens is 508 g/mol. The second-order valence-electron chi connectivity index (χ2n) is 7.92. The van der Waals surface area contributed by atoms with Gasteiger partial charge in [-0.1, -0.05) is 36.4 Å². The van der Waals surface area contributed by atoms with Crippen molar-refractivity contribution in [3.63, 3.8) is 0 Å². The van der Waals surface area contributed by atoms with E-state index in [1.807, 2.05) is 0 Å². The van der Waals surface area contributed by atoms with Gasteiger partial charge in [-0.2, -0.15) is 8.42 Å². The van der Waals surface area contributed by atoms with Crippen LogP contribution in [0.15, 0.2) is 66.8 Å². The second-order valence-corrected chi connectivity index (χ2v) is 10.0. The molecule has 1 heterocycles. The number of halogens is 1. The van der Waals surface area contributed by atoms with E-state index in [9.17, 15) is 18.0 Å². The van der Waals surface area contributed by atoms with Crippen LogP contribution in [0.1, 0.15) is 12.0 Å². The largest absolute Gasteiger partial charge is 0.493 e. The van der Waals surface area contributed by atoms with E-state index in [1.54, 1.807) is 48.5 Å². The summed E-state index contributed by atoms with van der Waals surface area (Å²) in [7, 11) is -3.51. The molecule has 1 aliphatic heterocycles. The fourth-order valence-corrected chi connectivity index (χ4v) is 3.91. The molecule has 0 unspecified atom stereocenters. The normalized spacial score (nSPS) is 13.9. The Bertz CT molecular complexity index is 1280. The number of hydrazine groups is 1. The van der Waals surface area contributed by atoms with Crippen molar-refractivity contribution in [1.82, 2.24) is 10.2 Å². The van der Waals surface area contributed by atoms with Crippen LogP contribution in [0, 0.1) is 0 Å². The second kappa shape index (κ2) is 12.0. The van der Waals surface area contributed by atoms with Gasteiger partial charge in [-0.25, -0.2) is 5.84 Å².